The van der Waals surface area contributed by atoms with Gasteiger partial charge in [-0.25, -0.2) is 0 Å². The average molecular weight is 404 g/mol. The zero-order valence-corrected chi connectivity index (χ0v) is 16.5. The van der Waals surface area contributed by atoms with Gasteiger partial charge in [-0.3, -0.25) is 4.98 Å². The maximum Gasteiger partial charge on any atom is 0.161 e. The molecule has 0 spiro atoms. The first-order valence-corrected chi connectivity index (χ1v) is 8.76. The van der Waals surface area contributed by atoms with Gasteiger partial charge in [-0.1, -0.05) is 35.9 Å². The van der Waals surface area contributed by atoms with E-state index in [1.807, 2.05) is 60.8 Å². The second-order valence-corrected chi connectivity index (χ2v) is 6.31. The van der Waals surface area contributed by atoms with Gasteiger partial charge in [0.05, 0.1) is 7.11 Å². The third kappa shape index (κ3) is 6.43. The van der Waals surface area contributed by atoms with Gasteiger partial charge in [0, 0.05) is 30.5 Å². The summed E-state index contributed by atoms with van der Waals surface area (Å²) in [6.07, 6.45) is 3.64. The van der Waals surface area contributed by atoms with E-state index in [-0.39, 0.29) is 12.4 Å². The summed E-state index contributed by atoms with van der Waals surface area (Å²) in [5.41, 5.74) is 3.29. The SMILES string of the molecule is COc1cc(CNCc2cccnc2)ccc1OCc1cccc(Cl)c1.[Cl-]. The van der Waals surface area contributed by atoms with Crippen LogP contribution >= 0.6 is 11.6 Å². The molecule has 0 aliphatic carbocycles. The van der Waals surface area contributed by atoms with E-state index >= 15 is 0 Å². The first-order valence-electron chi connectivity index (χ1n) is 8.38. The number of pyridine rings is 1. The van der Waals surface area contributed by atoms with Crippen molar-refractivity contribution in [1.82, 2.24) is 10.3 Å². The number of benzene rings is 2. The smallest absolute Gasteiger partial charge is 0.161 e. The fourth-order valence-corrected chi connectivity index (χ4v) is 2.80. The molecule has 0 amide bonds. The van der Waals surface area contributed by atoms with Gasteiger partial charge in [0.1, 0.15) is 6.61 Å². The molecule has 0 bridgehead atoms. The molecule has 1 heterocycles. The molecule has 0 aliphatic heterocycles. The number of methoxy groups -OCH3 is 1. The van der Waals surface area contributed by atoms with E-state index in [0.717, 1.165) is 29.8 Å². The molecule has 0 atom stereocenters. The molecule has 1 N–H and O–H groups in total. The van der Waals surface area contributed by atoms with Crippen molar-refractivity contribution in [1.29, 1.82) is 0 Å². The number of aromatic nitrogens is 1. The van der Waals surface area contributed by atoms with E-state index in [4.69, 9.17) is 21.1 Å². The summed E-state index contributed by atoms with van der Waals surface area (Å²) in [6.45, 7) is 1.94. The Morgan fingerprint density at radius 1 is 0.926 bits per heavy atom. The van der Waals surface area contributed by atoms with Crippen LogP contribution in [-0.4, -0.2) is 12.1 Å². The predicted octanol–water partition coefficient (Wildman–Crippen LogP) is 1.62. The van der Waals surface area contributed by atoms with Gasteiger partial charge < -0.3 is 27.2 Å². The number of nitrogens with zero attached hydrogens (tertiary/aromatic N) is 1. The molecule has 0 saturated carbocycles. The van der Waals surface area contributed by atoms with Gasteiger partial charge in [-0.05, 0) is 47.0 Å². The van der Waals surface area contributed by atoms with Gasteiger partial charge in [-0.2, -0.15) is 0 Å². The van der Waals surface area contributed by atoms with Crippen LogP contribution in [0.25, 0.3) is 0 Å². The molecule has 0 unspecified atom stereocenters. The lowest BCUT2D eigenvalue weighted by atomic mass is 10.2. The van der Waals surface area contributed by atoms with Crippen molar-refractivity contribution in [2.24, 2.45) is 0 Å². The van der Waals surface area contributed by atoms with Crippen LogP contribution in [0.1, 0.15) is 16.7 Å². The molecule has 3 rings (SSSR count). The van der Waals surface area contributed by atoms with Crippen molar-refractivity contribution >= 4 is 11.6 Å². The third-order valence-electron chi connectivity index (χ3n) is 3.89. The minimum Gasteiger partial charge on any atom is -1.00 e. The Bertz CT molecular complexity index is 845. The first kappa shape index (κ1) is 21.0. The highest BCUT2D eigenvalue weighted by molar-refractivity contribution is 6.30. The Morgan fingerprint density at radius 3 is 2.48 bits per heavy atom. The van der Waals surface area contributed by atoms with Gasteiger partial charge in [0.2, 0.25) is 0 Å². The summed E-state index contributed by atoms with van der Waals surface area (Å²) in [7, 11) is 1.65. The van der Waals surface area contributed by atoms with Crippen molar-refractivity contribution in [3.63, 3.8) is 0 Å². The standard InChI is InChI=1S/C21H21ClN2O2.ClH/c1-25-21-11-16(12-24-14-18-5-3-9-23-13-18)7-8-20(21)26-15-17-4-2-6-19(22)10-17;/h2-11,13,24H,12,14-15H2,1H3;1H/p-1. The second kappa shape index (κ2) is 10.8. The fourth-order valence-electron chi connectivity index (χ4n) is 2.58. The van der Waals surface area contributed by atoms with Crippen LogP contribution in [0.2, 0.25) is 5.02 Å². The van der Waals surface area contributed by atoms with E-state index in [9.17, 15) is 0 Å². The number of hydrogen-bond acceptors (Lipinski definition) is 4. The first-order chi connectivity index (χ1) is 12.7. The van der Waals surface area contributed by atoms with Gasteiger partial charge in [0.25, 0.3) is 0 Å². The molecular formula is C21H21Cl2N2O2-. The van der Waals surface area contributed by atoms with Gasteiger partial charge in [0.15, 0.2) is 11.5 Å². The maximum absolute atomic E-state index is 6.01. The van der Waals surface area contributed by atoms with Gasteiger partial charge >= 0.3 is 0 Å². The van der Waals surface area contributed by atoms with Crippen LogP contribution in [0, 0.1) is 0 Å². The number of nitrogens with one attached hydrogen (secondary N) is 1. The van der Waals surface area contributed by atoms with Crippen molar-refractivity contribution in [3.05, 3.63) is 88.7 Å². The van der Waals surface area contributed by atoms with Crippen LogP contribution in [0.3, 0.4) is 0 Å². The molecule has 1 aromatic heterocycles. The van der Waals surface area contributed by atoms with Crippen LogP contribution in [-0.2, 0) is 19.7 Å². The second-order valence-electron chi connectivity index (χ2n) is 5.87. The van der Waals surface area contributed by atoms with Crippen LogP contribution < -0.4 is 27.2 Å². The lowest BCUT2D eigenvalue weighted by molar-refractivity contribution is -0.00000580. The summed E-state index contributed by atoms with van der Waals surface area (Å²) < 4.78 is 11.4. The molecular weight excluding hydrogens is 383 g/mol. The average Bonchev–Trinajstić information content (AvgIpc) is 2.67. The van der Waals surface area contributed by atoms with E-state index in [0.29, 0.717) is 23.1 Å². The summed E-state index contributed by atoms with van der Waals surface area (Å²) in [6, 6.07) is 17.6. The highest BCUT2D eigenvalue weighted by Crippen LogP contribution is 2.29. The number of halogens is 2. The molecule has 6 heteroatoms. The largest absolute Gasteiger partial charge is 1.00 e. The zero-order valence-electron chi connectivity index (χ0n) is 15.0. The summed E-state index contributed by atoms with van der Waals surface area (Å²) in [5, 5.41) is 4.10. The molecule has 142 valence electrons. The highest BCUT2D eigenvalue weighted by Gasteiger charge is 2.07. The number of ether oxygens (including phenoxy) is 2. The topological polar surface area (TPSA) is 43.4 Å². The lowest BCUT2D eigenvalue weighted by Crippen LogP contribution is -3.00. The molecule has 0 aliphatic rings. The van der Waals surface area contributed by atoms with E-state index in [1.165, 1.54) is 0 Å². The summed E-state index contributed by atoms with van der Waals surface area (Å²) in [4.78, 5) is 4.12. The summed E-state index contributed by atoms with van der Waals surface area (Å²) >= 11 is 6.01. The normalized spacial score (nSPS) is 10.1. The van der Waals surface area contributed by atoms with Crippen molar-refractivity contribution in [2.45, 2.75) is 19.7 Å². The van der Waals surface area contributed by atoms with Gasteiger partial charge in [-0.15, -0.1) is 0 Å². The molecule has 4 nitrogen and oxygen atoms in total. The predicted molar refractivity (Wildman–Crippen MR) is 104 cm³/mol. The molecule has 3 aromatic rings. The monoisotopic (exact) mass is 403 g/mol. The van der Waals surface area contributed by atoms with Crippen LogP contribution in [0.4, 0.5) is 0 Å². The molecule has 27 heavy (non-hydrogen) atoms. The van der Waals surface area contributed by atoms with E-state index < -0.39 is 0 Å². The van der Waals surface area contributed by atoms with Crippen molar-refractivity contribution < 1.29 is 21.9 Å². The van der Waals surface area contributed by atoms with E-state index in [1.54, 1.807) is 13.3 Å². The maximum atomic E-state index is 6.01. The summed E-state index contributed by atoms with van der Waals surface area (Å²) in [5.74, 6) is 1.43. The number of hydrogen-bond donors (Lipinski definition) is 1. The third-order valence-corrected chi connectivity index (χ3v) is 4.13. The van der Waals surface area contributed by atoms with E-state index in [2.05, 4.69) is 10.3 Å². The Balaban J connectivity index is 0.00000261. The Morgan fingerprint density at radius 2 is 1.74 bits per heavy atom. The van der Waals surface area contributed by atoms with Crippen LogP contribution in [0.5, 0.6) is 11.5 Å². The number of rotatable bonds is 8. The zero-order chi connectivity index (χ0) is 18.2. The Labute approximate surface area is 170 Å². The molecule has 0 saturated heterocycles. The Hall–Kier alpha value is -2.27. The minimum absolute atomic E-state index is 0. The van der Waals surface area contributed by atoms with Crippen molar-refractivity contribution in [3.8, 4) is 11.5 Å². The minimum atomic E-state index is 0. The molecule has 0 fully saturated rings. The lowest BCUT2D eigenvalue weighted by Gasteiger charge is -2.13. The quantitative estimate of drug-likeness (QED) is 0.620. The fraction of sp³-hybridized carbons (Fsp3) is 0.190. The van der Waals surface area contributed by atoms with Crippen LogP contribution in [0.15, 0.2) is 67.0 Å². The molecule has 0 radical (unpaired) electrons. The Kier molecular flexibility index (Phi) is 8.40. The van der Waals surface area contributed by atoms with Crippen molar-refractivity contribution in [2.75, 3.05) is 7.11 Å². The highest BCUT2D eigenvalue weighted by atomic mass is 35.5. The molecule has 2 aromatic carbocycles.